The van der Waals surface area contributed by atoms with E-state index in [1.54, 1.807) is 13.0 Å². The largest absolute Gasteiger partial charge is 0.464 e. The Hall–Kier alpha value is -2.60. The van der Waals surface area contributed by atoms with Crippen molar-refractivity contribution in [3.8, 4) is 0 Å². The first-order valence-electron chi connectivity index (χ1n) is 10.9. The number of carbonyl (C=O) groups is 1. The molecule has 0 aliphatic carbocycles. The van der Waals surface area contributed by atoms with Gasteiger partial charge in [-0.3, -0.25) is 4.79 Å². The lowest BCUT2D eigenvalue weighted by Gasteiger charge is -2.24. The number of alkyl carbamates (subject to hydrolysis) is 1. The van der Waals surface area contributed by atoms with Gasteiger partial charge in [-0.1, -0.05) is 44.2 Å². The van der Waals surface area contributed by atoms with E-state index in [9.17, 15) is 9.59 Å². The molecular weight excluding hydrogens is 392 g/mol. The molecule has 0 saturated carbocycles. The van der Waals surface area contributed by atoms with Crippen molar-refractivity contribution in [2.24, 2.45) is 5.92 Å². The van der Waals surface area contributed by atoms with Crippen LogP contribution in [0.4, 0.5) is 4.79 Å². The molecule has 1 aromatic heterocycles. The topological polar surface area (TPSA) is 80.6 Å². The number of aryl methyl sites for hydroxylation is 1. The molecule has 2 rings (SSSR count). The minimum absolute atomic E-state index is 0.00152. The fourth-order valence-electron chi connectivity index (χ4n) is 3.36. The number of rotatable bonds is 9. The van der Waals surface area contributed by atoms with Gasteiger partial charge in [-0.15, -0.1) is 0 Å². The zero-order valence-electron chi connectivity index (χ0n) is 19.6. The third-order valence-corrected chi connectivity index (χ3v) is 4.76. The van der Waals surface area contributed by atoms with Crippen LogP contribution in [-0.4, -0.2) is 24.8 Å². The van der Waals surface area contributed by atoms with Crippen LogP contribution >= 0.6 is 0 Å². The molecule has 0 saturated heterocycles. The SMILES string of the molecule is Cc1cc(=O)c(Cc2ccccc2)c([C@H](NCCCNC(=O)OC(C)(C)C)C(C)C)o1. The molecule has 1 atom stereocenters. The van der Waals surface area contributed by atoms with Crippen LogP contribution in [0.1, 0.15) is 69.7 Å². The molecule has 1 amide bonds. The van der Waals surface area contributed by atoms with Gasteiger partial charge in [-0.2, -0.15) is 0 Å². The summed E-state index contributed by atoms with van der Waals surface area (Å²) in [6, 6.07) is 11.4. The van der Waals surface area contributed by atoms with Crippen LogP contribution in [0.2, 0.25) is 0 Å². The van der Waals surface area contributed by atoms with Crippen molar-refractivity contribution in [1.82, 2.24) is 10.6 Å². The first kappa shape index (κ1) is 24.7. The molecule has 6 heteroatoms. The van der Waals surface area contributed by atoms with Crippen molar-refractivity contribution in [2.45, 2.75) is 66.0 Å². The van der Waals surface area contributed by atoms with Crippen LogP contribution in [0.15, 0.2) is 45.6 Å². The Bertz CT molecular complexity index is 898. The van der Waals surface area contributed by atoms with Crippen molar-refractivity contribution >= 4 is 6.09 Å². The van der Waals surface area contributed by atoms with Gasteiger partial charge in [0.05, 0.1) is 6.04 Å². The summed E-state index contributed by atoms with van der Waals surface area (Å²) >= 11 is 0. The molecule has 6 nitrogen and oxygen atoms in total. The summed E-state index contributed by atoms with van der Waals surface area (Å²) in [5.74, 6) is 1.53. The molecule has 0 spiro atoms. The summed E-state index contributed by atoms with van der Waals surface area (Å²) < 4.78 is 11.3. The number of hydrogen-bond acceptors (Lipinski definition) is 5. The molecule has 0 aliphatic rings. The summed E-state index contributed by atoms with van der Waals surface area (Å²) in [4.78, 5) is 24.6. The maximum absolute atomic E-state index is 12.8. The smallest absolute Gasteiger partial charge is 0.407 e. The third kappa shape index (κ3) is 8.21. The average Bonchev–Trinajstić information content (AvgIpc) is 2.66. The minimum atomic E-state index is -0.511. The van der Waals surface area contributed by atoms with Gasteiger partial charge in [-0.25, -0.2) is 4.79 Å². The molecule has 31 heavy (non-hydrogen) atoms. The van der Waals surface area contributed by atoms with E-state index in [-0.39, 0.29) is 17.4 Å². The number of hydrogen-bond donors (Lipinski definition) is 2. The second-order valence-electron chi connectivity index (χ2n) is 9.18. The summed E-state index contributed by atoms with van der Waals surface area (Å²) in [6.45, 7) is 12.7. The molecule has 2 N–H and O–H groups in total. The molecular formula is C25H36N2O4. The van der Waals surface area contributed by atoms with Crippen LogP contribution in [0.3, 0.4) is 0 Å². The van der Waals surface area contributed by atoms with Gasteiger partial charge in [0.25, 0.3) is 0 Å². The van der Waals surface area contributed by atoms with Crippen LogP contribution in [0, 0.1) is 12.8 Å². The van der Waals surface area contributed by atoms with E-state index in [4.69, 9.17) is 9.15 Å². The minimum Gasteiger partial charge on any atom is -0.464 e. The molecule has 0 radical (unpaired) electrons. The van der Waals surface area contributed by atoms with Crippen molar-refractivity contribution in [3.63, 3.8) is 0 Å². The second kappa shape index (κ2) is 11.1. The Labute approximate surface area is 185 Å². The quantitative estimate of drug-likeness (QED) is 0.564. The predicted molar refractivity (Wildman–Crippen MR) is 123 cm³/mol. The van der Waals surface area contributed by atoms with E-state index in [2.05, 4.69) is 24.5 Å². The first-order chi connectivity index (χ1) is 14.6. The van der Waals surface area contributed by atoms with Crippen LogP contribution in [-0.2, 0) is 11.2 Å². The Morgan fingerprint density at radius 2 is 1.81 bits per heavy atom. The summed E-state index contributed by atoms with van der Waals surface area (Å²) in [6.07, 6.45) is 0.846. The Balaban J connectivity index is 2.07. The van der Waals surface area contributed by atoms with Crippen molar-refractivity contribution < 1.29 is 13.9 Å². The molecule has 1 heterocycles. The normalized spacial score (nSPS) is 12.6. The fourth-order valence-corrected chi connectivity index (χ4v) is 3.36. The van der Waals surface area contributed by atoms with E-state index in [0.29, 0.717) is 36.6 Å². The van der Waals surface area contributed by atoms with Gasteiger partial charge in [0.2, 0.25) is 0 Å². The van der Waals surface area contributed by atoms with Crippen molar-refractivity contribution in [2.75, 3.05) is 13.1 Å². The van der Waals surface area contributed by atoms with Gasteiger partial charge in [0.15, 0.2) is 5.43 Å². The second-order valence-corrected chi connectivity index (χ2v) is 9.18. The molecule has 2 aromatic rings. The third-order valence-electron chi connectivity index (χ3n) is 4.76. The maximum Gasteiger partial charge on any atom is 0.407 e. The highest BCUT2D eigenvalue weighted by Gasteiger charge is 2.24. The van der Waals surface area contributed by atoms with E-state index >= 15 is 0 Å². The Kier molecular flexibility index (Phi) is 8.87. The Morgan fingerprint density at radius 1 is 1.13 bits per heavy atom. The van der Waals surface area contributed by atoms with Crippen LogP contribution in [0.5, 0.6) is 0 Å². The fraction of sp³-hybridized carbons (Fsp3) is 0.520. The van der Waals surface area contributed by atoms with E-state index in [0.717, 1.165) is 12.0 Å². The van der Waals surface area contributed by atoms with Gasteiger partial charge in [-0.05, 0) is 52.1 Å². The number of carbonyl (C=O) groups excluding carboxylic acids is 1. The molecule has 170 valence electrons. The van der Waals surface area contributed by atoms with Gasteiger partial charge in [0, 0.05) is 24.6 Å². The van der Waals surface area contributed by atoms with Gasteiger partial charge in [0.1, 0.15) is 17.1 Å². The summed E-state index contributed by atoms with van der Waals surface area (Å²) in [5.41, 5.74) is 1.25. The molecule has 0 aliphatic heterocycles. The van der Waals surface area contributed by atoms with E-state index in [1.807, 2.05) is 51.1 Å². The first-order valence-corrected chi connectivity index (χ1v) is 10.9. The monoisotopic (exact) mass is 428 g/mol. The zero-order valence-corrected chi connectivity index (χ0v) is 19.6. The van der Waals surface area contributed by atoms with E-state index in [1.165, 1.54) is 0 Å². The summed E-state index contributed by atoms with van der Waals surface area (Å²) in [7, 11) is 0. The highest BCUT2D eigenvalue weighted by atomic mass is 16.6. The zero-order chi connectivity index (χ0) is 23.0. The van der Waals surface area contributed by atoms with Crippen LogP contribution in [0.25, 0.3) is 0 Å². The lowest BCUT2D eigenvalue weighted by molar-refractivity contribution is 0.0527. The lowest BCUT2D eigenvalue weighted by Crippen LogP contribution is -2.35. The van der Waals surface area contributed by atoms with Crippen molar-refractivity contribution in [1.29, 1.82) is 0 Å². The highest BCUT2D eigenvalue weighted by molar-refractivity contribution is 5.67. The Morgan fingerprint density at radius 3 is 2.42 bits per heavy atom. The molecule has 0 fully saturated rings. The predicted octanol–water partition coefficient (Wildman–Crippen LogP) is 4.74. The molecule has 1 aromatic carbocycles. The lowest BCUT2D eigenvalue weighted by atomic mass is 9.94. The maximum atomic E-state index is 12.8. The molecule has 0 bridgehead atoms. The average molecular weight is 429 g/mol. The number of amides is 1. The number of ether oxygens (including phenoxy) is 1. The standard InChI is InChI=1S/C25H36N2O4/c1-17(2)22(26-13-10-14-27-24(29)31-25(4,5)6)23-20(21(28)15-18(3)30-23)16-19-11-8-7-9-12-19/h7-9,11-12,15,17,22,26H,10,13-14,16H2,1-6H3,(H,27,29)/t22-/m1/s1. The van der Waals surface area contributed by atoms with Crippen LogP contribution < -0.4 is 16.1 Å². The van der Waals surface area contributed by atoms with Gasteiger partial charge >= 0.3 is 6.09 Å². The molecule has 0 unspecified atom stereocenters. The van der Waals surface area contributed by atoms with Crippen molar-refractivity contribution in [3.05, 3.63) is 69.3 Å². The summed E-state index contributed by atoms with van der Waals surface area (Å²) in [5, 5.41) is 6.28. The van der Waals surface area contributed by atoms with Gasteiger partial charge < -0.3 is 19.8 Å². The highest BCUT2D eigenvalue weighted by Crippen LogP contribution is 2.26. The number of nitrogens with one attached hydrogen (secondary N) is 2. The number of benzene rings is 1. The van der Waals surface area contributed by atoms with E-state index < -0.39 is 11.7 Å².